The molecule has 5 rings (SSSR count). The van der Waals surface area contributed by atoms with Gasteiger partial charge in [-0.05, 0) is 53.9 Å². The Balaban J connectivity index is 1.43. The smallest absolute Gasteiger partial charge is 0.290 e. The van der Waals surface area contributed by atoms with Crippen LogP contribution in [0.25, 0.3) is 22.4 Å². The zero-order valence-electron chi connectivity index (χ0n) is 15.8. The molecule has 1 fully saturated rings. The molecule has 29 heavy (non-hydrogen) atoms. The van der Waals surface area contributed by atoms with Crippen LogP contribution in [0.1, 0.15) is 34.9 Å². The Kier molecular flexibility index (Phi) is 4.47. The van der Waals surface area contributed by atoms with Gasteiger partial charge in [-0.25, -0.2) is 0 Å². The largest absolute Gasteiger partial charge is 0.451 e. The molecule has 2 aromatic heterocycles. The number of halogens is 1. The summed E-state index contributed by atoms with van der Waals surface area (Å²) < 4.78 is 12.6. The topological polar surface area (TPSA) is 72.4 Å². The summed E-state index contributed by atoms with van der Waals surface area (Å²) in [5, 5.41) is 9.28. The van der Waals surface area contributed by atoms with E-state index in [9.17, 15) is 4.79 Å². The van der Waals surface area contributed by atoms with E-state index in [0.717, 1.165) is 39.4 Å². The molecule has 0 radical (unpaired) electrons. The van der Waals surface area contributed by atoms with Crippen molar-refractivity contribution >= 4 is 32.8 Å². The fourth-order valence-electron chi connectivity index (χ4n) is 3.47. The number of aryl methyl sites for hydroxylation is 1. The minimum Gasteiger partial charge on any atom is -0.451 e. The van der Waals surface area contributed by atoms with Gasteiger partial charge in [0.15, 0.2) is 5.76 Å². The molecule has 0 spiro atoms. The molecule has 4 aromatic rings. The number of aromatic nitrogens is 2. The van der Waals surface area contributed by atoms with E-state index in [4.69, 9.17) is 8.83 Å². The number of carbonyl (C=O) groups excluding carboxylic acids is 1. The van der Waals surface area contributed by atoms with Crippen LogP contribution in [0.3, 0.4) is 0 Å². The summed E-state index contributed by atoms with van der Waals surface area (Å²) in [4.78, 5) is 15.1. The number of rotatable bonds is 5. The molecule has 0 aliphatic heterocycles. The summed E-state index contributed by atoms with van der Waals surface area (Å²) in [6.07, 6.45) is 1.94. The first-order valence-electron chi connectivity index (χ1n) is 9.48. The number of amides is 1. The average Bonchev–Trinajstić information content (AvgIpc) is 3.38. The van der Waals surface area contributed by atoms with E-state index in [1.165, 1.54) is 0 Å². The molecule has 2 heterocycles. The van der Waals surface area contributed by atoms with Crippen LogP contribution in [0.15, 0.2) is 61.8 Å². The number of nitrogens with zero attached hydrogens (tertiary/aromatic N) is 3. The minimum absolute atomic E-state index is 0.137. The van der Waals surface area contributed by atoms with Gasteiger partial charge < -0.3 is 13.7 Å². The molecule has 0 saturated heterocycles. The third-order valence-corrected chi connectivity index (χ3v) is 5.85. The first kappa shape index (κ1) is 18.1. The summed E-state index contributed by atoms with van der Waals surface area (Å²) in [7, 11) is 0. The Labute approximate surface area is 175 Å². The predicted molar refractivity (Wildman–Crippen MR) is 111 cm³/mol. The Bertz CT molecular complexity index is 1210. The third kappa shape index (κ3) is 3.35. The number of fused-ring (bicyclic) bond motifs is 1. The number of hydrogen-bond acceptors (Lipinski definition) is 5. The van der Waals surface area contributed by atoms with E-state index in [0.29, 0.717) is 17.5 Å². The van der Waals surface area contributed by atoms with Crippen LogP contribution in [0, 0.1) is 6.92 Å². The summed E-state index contributed by atoms with van der Waals surface area (Å²) in [6.45, 7) is 2.18. The summed E-state index contributed by atoms with van der Waals surface area (Å²) in [5.74, 6) is 1.07. The maximum atomic E-state index is 13.3. The van der Waals surface area contributed by atoms with E-state index in [1.807, 2.05) is 55.5 Å². The lowest BCUT2D eigenvalue weighted by Gasteiger charge is -2.19. The van der Waals surface area contributed by atoms with Crippen LogP contribution >= 0.6 is 15.9 Å². The fraction of sp³-hybridized carbons (Fsp3) is 0.227. The maximum Gasteiger partial charge on any atom is 0.290 e. The molecule has 1 saturated carbocycles. The van der Waals surface area contributed by atoms with Gasteiger partial charge in [0.2, 0.25) is 11.8 Å². The van der Waals surface area contributed by atoms with Gasteiger partial charge >= 0.3 is 0 Å². The molecular weight excluding hydrogens is 434 g/mol. The van der Waals surface area contributed by atoms with Crippen molar-refractivity contribution in [2.24, 2.45) is 0 Å². The molecule has 1 aliphatic rings. The van der Waals surface area contributed by atoms with Gasteiger partial charge in [-0.1, -0.05) is 30.3 Å². The molecule has 0 N–H and O–H groups in total. The van der Waals surface area contributed by atoms with Crippen LogP contribution in [-0.2, 0) is 6.54 Å². The highest BCUT2D eigenvalue weighted by Gasteiger charge is 2.36. The normalized spacial score (nSPS) is 13.7. The maximum absolute atomic E-state index is 13.3. The van der Waals surface area contributed by atoms with E-state index in [1.54, 1.807) is 4.90 Å². The van der Waals surface area contributed by atoms with Gasteiger partial charge in [-0.2, -0.15) is 0 Å². The average molecular weight is 452 g/mol. The van der Waals surface area contributed by atoms with Crippen molar-refractivity contribution in [1.82, 2.24) is 15.1 Å². The fourth-order valence-corrected chi connectivity index (χ4v) is 3.92. The van der Waals surface area contributed by atoms with Crippen molar-refractivity contribution < 1.29 is 13.6 Å². The second-order valence-corrected chi connectivity index (χ2v) is 8.05. The number of hydrogen-bond donors (Lipinski definition) is 0. The lowest BCUT2D eigenvalue weighted by molar-refractivity contribution is 0.0683. The second-order valence-electron chi connectivity index (χ2n) is 7.20. The SMILES string of the molecule is Cc1c(C(=O)N(Cc2nnc(-c3ccccc3Br)o2)C2CC2)oc2ccccc12. The van der Waals surface area contributed by atoms with Crippen LogP contribution in [0.4, 0.5) is 0 Å². The number of para-hydroxylation sites is 1. The van der Waals surface area contributed by atoms with Gasteiger partial charge in [-0.15, -0.1) is 10.2 Å². The van der Waals surface area contributed by atoms with Crippen LogP contribution < -0.4 is 0 Å². The molecule has 146 valence electrons. The molecule has 1 aliphatic carbocycles. The molecule has 0 unspecified atom stereocenters. The van der Waals surface area contributed by atoms with Gasteiger partial charge in [-0.3, -0.25) is 4.79 Å². The molecule has 2 aromatic carbocycles. The van der Waals surface area contributed by atoms with Gasteiger partial charge in [0.1, 0.15) is 5.58 Å². The number of benzene rings is 2. The number of furan rings is 1. The summed E-state index contributed by atoms with van der Waals surface area (Å²) in [6, 6.07) is 15.5. The van der Waals surface area contributed by atoms with Crippen LogP contribution in [0.5, 0.6) is 0 Å². The monoisotopic (exact) mass is 451 g/mol. The Morgan fingerprint density at radius 1 is 1.10 bits per heavy atom. The van der Waals surface area contributed by atoms with Crippen molar-refractivity contribution in [2.45, 2.75) is 32.4 Å². The van der Waals surface area contributed by atoms with Crippen LogP contribution in [-0.4, -0.2) is 27.0 Å². The zero-order valence-corrected chi connectivity index (χ0v) is 17.3. The van der Waals surface area contributed by atoms with Crippen molar-refractivity contribution in [2.75, 3.05) is 0 Å². The molecular formula is C22H18BrN3O3. The van der Waals surface area contributed by atoms with E-state index in [-0.39, 0.29) is 18.5 Å². The summed E-state index contributed by atoms with van der Waals surface area (Å²) >= 11 is 3.50. The molecule has 1 amide bonds. The van der Waals surface area contributed by atoms with Gasteiger partial charge in [0, 0.05) is 21.5 Å². The van der Waals surface area contributed by atoms with Gasteiger partial charge in [0.05, 0.1) is 12.1 Å². The standard InChI is InChI=1S/C22H18BrN3O3/c1-13-15-6-3-5-9-18(15)28-20(13)22(27)26(14-10-11-14)12-19-24-25-21(29-19)16-7-2-4-8-17(16)23/h2-9,14H,10-12H2,1H3. The highest BCUT2D eigenvalue weighted by molar-refractivity contribution is 9.10. The lowest BCUT2D eigenvalue weighted by atomic mass is 10.1. The zero-order chi connectivity index (χ0) is 20.0. The third-order valence-electron chi connectivity index (χ3n) is 5.16. The number of carbonyl (C=O) groups is 1. The second kappa shape index (κ2) is 7.15. The molecule has 7 heteroatoms. The van der Waals surface area contributed by atoms with E-state index >= 15 is 0 Å². The minimum atomic E-state index is -0.137. The summed E-state index contributed by atoms with van der Waals surface area (Å²) in [5.41, 5.74) is 2.40. The first-order valence-corrected chi connectivity index (χ1v) is 10.3. The molecule has 6 nitrogen and oxygen atoms in total. The predicted octanol–water partition coefficient (Wildman–Crippen LogP) is 5.36. The first-order chi connectivity index (χ1) is 14.1. The Hall–Kier alpha value is -2.93. The highest BCUT2D eigenvalue weighted by Crippen LogP contribution is 2.33. The highest BCUT2D eigenvalue weighted by atomic mass is 79.9. The van der Waals surface area contributed by atoms with Crippen molar-refractivity contribution in [1.29, 1.82) is 0 Å². The van der Waals surface area contributed by atoms with E-state index in [2.05, 4.69) is 26.1 Å². The lowest BCUT2D eigenvalue weighted by Crippen LogP contribution is -2.32. The van der Waals surface area contributed by atoms with E-state index < -0.39 is 0 Å². The van der Waals surface area contributed by atoms with Crippen LogP contribution in [0.2, 0.25) is 0 Å². The quantitative estimate of drug-likeness (QED) is 0.408. The van der Waals surface area contributed by atoms with Crippen molar-refractivity contribution in [3.8, 4) is 11.5 Å². The van der Waals surface area contributed by atoms with Crippen molar-refractivity contribution in [3.63, 3.8) is 0 Å². The molecule has 0 atom stereocenters. The Morgan fingerprint density at radius 3 is 2.62 bits per heavy atom. The molecule has 0 bridgehead atoms. The van der Waals surface area contributed by atoms with Crippen molar-refractivity contribution in [3.05, 3.63) is 70.2 Å². The Morgan fingerprint density at radius 2 is 1.86 bits per heavy atom. The van der Waals surface area contributed by atoms with Gasteiger partial charge in [0.25, 0.3) is 5.91 Å².